The van der Waals surface area contributed by atoms with Crippen LogP contribution in [0.5, 0.6) is 11.5 Å². The highest BCUT2D eigenvalue weighted by Gasteiger charge is 2.36. The maximum atomic E-state index is 16.4. The van der Waals surface area contributed by atoms with E-state index in [9.17, 15) is 14.4 Å². The molecule has 8 rings (SSSR count). The second-order valence-electron chi connectivity index (χ2n) is 14.8. The highest BCUT2D eigenvalue weighted by atomic mass is 19.1. The lowest BCUT2D eigenvalue weighted by molar-refractivity contribution is 0.0508. The van der Waals surface area contributed by atoms with Crippen LogP contribution in [-0.2, 0) is 4.74 Å². The lowest BCUT2D eigenvalue weighted by Gasteiger charge is -2.36. The number of piperidine rings is 1. The molecule has 3 aromatic carbocycles. The van der Waals surface area contributed by atoms with Crippen LogP contribution in [0.3, 0.4) is 0 Å². The third-order valence-electron chi connectivity index (χ3n) is 10.3. The first-order valence-electron chi connectivity index (χ1n) is 17.4. The Labute approximate surface area is 284 Å². The summed E-state index contributed by atoms with van der Waals surface area (Å²) in [7, 11) is 0. The van der Waals surface area contributed by atoms with Gasteiger partial charge in [0.05, 0.1) is 17.1 Å². The molecule has 1 unspecified atom stereocenters. The molecule has 0 radical (unpaired) electrons. The van der Waals surface area contributed by atoms with Gasteiger partial charge in [-0.15, -0.1) is 0 Å². The van der Waals surface area contributed by atoms with E-state index in [1.54, 1.807) is 31.9 Å². The zero-order valence-electron chi connectivity index (χ0n) is 28.3. The van der Waals surface area contributed by atoms with Crippen LogP contribution >= 0.6 is 0 Å². The van der Waals surface area contributed by atoms with Crippen molar-refractivity contribution in [2.75, 3.05) is 44.2 Å². The van der Waals surface area contributed by atoms with Crippen LogP contribution in [0.4, 0.5) is 14.9 Å². The van der Waals surface area contributed by atoms with E-state index in [4.69, 9.17) is 9.47 Å². The molecule has 1 aromatic heterocycles. The SMILES string of the molecule is CC(C)(C)OC(=O)NC1CCN(c2c(F)cc3c(=O)c(C(=O)N4CCC(N5CCCC5)CC4)cn4c3c2Oc2cc3ccccc3cc2-4)C1. The van der Waals surface area contributed by atoms with Crippen molar-refractivity contribution >= 4 is 39.4 Å². The quantitative estimate of drug-likeness (QED) is 0.244. The summed E-state index contributed by atoms with van der Waals surface area (Å²) in [4.78, 5) is 46.9. The molecule has 3 fully saturated rings. The van der Waals surface area contributed by atoms with Crippen molar-refractivity contribution in [2.45, 2.75) is 70.6 Å². The number of alkyl carbamates (subject to hydrolysis) is 1. The molecule has 5 heterocycles. The number of halogens is 1. The predicted molar refractivity (Wildman–Crippen MR) is 187 cm³/mol. The van der Waals surface area contributed by atoms with Gasteiger partial charge in [-0.1, -0.05) is 24.3 Å². The van der Waals surface area contributed by atoms with Crippen LogP contribution in [0.1, 0.15) is 63.2 Å². The van der Waals surface area contributed by atoms with Gasteiger partial charge in [-0.2, -0.15) is 0 Å². The minimum Gasteiger partial charge on any atom is -0.451 e. The monoisotopic (exact) mass is 667 g/mol. The molecule has 49 heavy (non-hydrogen) atoms. The van der Waals surface area contributed by atoms with Gasteiger partial charge in [0.25, 0.3) is 5.91 Å². The third-order valence-corrected chi connectivity index (χ3v) is 10.3. The van der Waals surface area contributed by atoms with Gasteiger partial charge in [0, 0.05) is 38.4 Å². The van der Waals surface area contributed by atoms with Crippen molar-refractivity contribution in [3.8, 4) is 17.2 Å². The number of likely N-dealkylation sites (tertiary alicyclic amines) is 2. The fourth-order valence-corrected chi connectivity index (χ4v) is 8.00. The Kier molecular flexibility index (Phi) is 7.77. The fourth-order valence-electron chi connectivity index (χ4n) is 8.00. The molecule has 4 aromatic rings. The normalized spacial score (nSPS) is 19.7. The van der Waals surface area contributed by atoms with E-state index < -0.39 is 22.9 Å². The molecule has 2 amide bonds. The summed E-state index contributed by atoms with van der Waals surface area (Å²) in [5.74, 6) is -0.232. The molecule has 0 saturated carbocycles. The minimum atomic E-state index is -0.643. The topological polar surface area (TPSA) is 96.4 Å². The first kappa shape index (κ1) is 31.6. The lowest BCUT2D eigenvalue weighted by Crippen LogP contribution is -2.46. The number of rotatable bonds is 4. The first-order valence-corrected chi connectivity index (χ1v) is 17.4. The fraction of sp³-hybridized carbons (Fsp3) is 0.447. The molecule has 0 bridgehead atoms. The van der Waals surface area contributed by atoms with Crippen molar-refractivity contribution in [2.24, 2.45) is 0 Å². The zero-order chi connectivity index (χ0) is 34.0. The molecule has 0 spiro atoms. The first-order chi connectivity index (χ1) is 23.5. The summed E-state index contributed by atoms with van der Waals surface area (Å²) < 4.78 is 30.2. The zero-order valence-corrected chi connectivity index (χ0v) is 28.3. The smallest absolute Gasteiger partial charge is 0.407 e. The Balaban J connectivity index is 1.19. The molecule has 10 nitrogen and oxygen atoms in total. The van der Waals surface area contributed by atoms with Gasteiger partial charge in [-0.3, -0.25) is 9.59 Å². The van der Waals surface area contributed by atoms with E-state index in [2.05, 4.69) is 10.2 Å². The molecule has 1 N–H and O–H groups in total. The summed E-state index contributed by atoms with van der Waals surface area (Å²) in [5, 5.41) is 4.91. The number of nitrogens with one attached hydrogen (secondary N) is 1. The Morgan fingerprint density at radius 3 is 2.39 bits per heavy atom. The molecule has 11 heteroatoms. The molecule has 3 saturated heterocycles. The number of hydrogen-bond donors (Lipinski definition) is 1. The van der Waals surface area contributed by atoms with Crippen molar-refractivity contribution < 1.29 is 23.5 Å². The number of hydrogen-bond acceptors (Lipinski definition) is 7. The predicted octanol–water partition coefficient (Wildman–Crippen LogP) is 6.19. The number of ether oxygens (including phenoxy) is 2. The van der Waals surface area contributed by atoms with E-state index in [0.29, 0.717) is 55.6 Å². The van der Waals surface area contributed by atoms with Gasteiger partial charge in [-0.05, 0) is 94.9 Å². The average molecular weight is 668 g/mol. The summed E-state index contributed by atoms with van der Waals surface area (Å²) in [6, 6.07) is 13.2. The van der Waals surface area contributed by atoms with Crippen molar-refractivity contribution in [1.82, 2.24) is 19.7 Å². The number of nitrogens with zero attached hydrogens (tertiary/aromatic N) is 4. The van der Waals surface area contributed by atoms with E-state index in [0.717, 1.165) is 36.7 Å². The van der Waals surface area contributed by atoms with Gasteiger partial charge in [0.15, 0.2) is 17.3 Å². The number of fused-ring (bicyclic) bond motifs is 3. The van der Waals surface area contributed by atoms with Crippen LogP contribution in [0.2, 0.25) is 0 Å². The Morgan fingerprint density at radius 1 is 0.959 bits per heavy atom. The molecule has 4 aliphatic rings. The number of carbonyl (C=O) groups is 2. The molecule has 1 atom stereocenters. The van der Waals surface area contributed by atoms with Gasteiger partial charge in [0.2, 0.25) is 5.43 Å². The molecular weight excluding hydrogens is 625 g/mol. The van der Waals surface area contributed by atoms with E-state index >= 15 is 4.39 Å². The number of carbonyl (C=O) groups excluding carboxylic acids is 2. The largest absolute Gasteiger partial charge is 0.451 e. The van der Waals surface area contributed by atoms with Crippen LogP contribution in [0.15, 0.2) is 53.5 Å². The number of amides is 2. The number of benzene rings is 3. The summed E-state index contributed by atoms with van der Waals surface area (Å²) in [6.07, 6.45) is 5.86. The summed E-state index contributed by atoms with van der Waals surface area (Å²) in [6.45, 7) is 9.57. The second kappa shape index (κ2) is 12.0. The Bertz CT molecular complexity index is 2040. The van der Waals surface area contributed by atoms with Crippen LogP contribution in [-0.4, -0.2) is 83.3 Å². The van der Waals surface area contributed by atoms with Crippen molar-refractivity contribution in [1.29, 1.82) is 0 Å². The van der Waals surface area contributed by atoms with Gasteiger partial charge in [0.1, 0.15) is 22.4 Å². The minimum absolute atomic E-state index is 0.0222. The molecule has 256 valence electrons. The van der Waals surface area contributed by atoms with Crippen LogP contribution in [0, 0.1) is 5.82 Å². The summed E-state index contributed by atoms with van der Waals surface area (Å²) in [5.41, 5.74) is 0.169. The average Bonchev–Trinajstić information content (AvgIpc) is 3.77. The van der Waals surface area contributed by atoms with Crippen LogP contribution < -0.4 is 20.4 Å². The van der Waals surface area contributed by atoms with Crippen molar-refractivity contribution in [3.63, 3.8) is 0 Å². The van der Waals surface area contributed by atoms with E-state index in [1.165, 1.54) is 18.9 Å². The Hall–Kier alpha value is -4.64. The molecular formula is C38H42FN5O5. The lowest BCUT2D eigenvalue weighted by atomic mass is 10.0. The molecule has 0 aliphatic carbocycles. The third kappa shape index (κ3) is 5.77. The van der Waals surface area contributed by atoms with Gasteiger partial charge in [-0.25, -0.2) is 9.18 Å². The second-order valence-corrected chi connectivity index (χ2v) is 14.8. The van der Waals surface area contributed by atoms with E-state index in [1.807, 2.05) is 45.9 Å². The van der Waals surface area contributed by atoms with Gasteiger partial charge < -0.3 is 34.1 Å². The Morgan fingerprint density at radius 2 is 1.67 bits per heavy atom. The van der Waals surface area contributed by atoms with Crippen molar-refractivity contribution in [3.05, 3.63) is 70.3 Å². The number of aromatic nitrogens is 1. The van der Waals surface area contributed by atoms with Crippen LogP contribution in [0.25, 0.3) is 27.4 Å². The highest BCUT2D eigenvalue weighted by molar-refractivity contribution is 6.02. The number of pyridine rings is 1. The standard InChI is InChI=1S/C38H42FN5O5/c1-38(2,3)49-37(47)40-25-10-15-43(21-25)33-29(39)20-27-32-35(33)48-31-19-24-9-5-4-8-23(24)18-30(31)44(32)22-28(34(27)45)36(46)42-16-11-26(12-17-42)41-13-6-7-14-41/h4-5,8-9,18-20,22,25-26H,6-7,10-17,21H2,1-3H3,(H,40,47). The maximum absolute atomic E-state index is 16.4. The maximum Gasteiger partial charge on any atom is 0.407 e. The molecule has 4 aliphatic heterocycles. The van der Waals surface area contributed by atoms with Gasteiger partial charge >= 0.3 is 6.09 Å². The van der Waals surface area contributed by atoms with E-state index in [-0.39, 0.29) is 34.3 Å². The summed E-state index contributed by atoms with van der Waals surface area (Å²) >= 11 is 0. The number of anilines is 1. The highest BCUT2D eigenvalue weighted by Crippen LogP contribution is 2.48.